The van der Waals surface area contributed by atoms with E-state index in [9.17, 15) is 14.7 Å². The fourth-order valence-electron chi connectivity index (χ4n) is 2.14. The van der Waals surface area contributed by atoms with Gasteiger partial charge in [-0.15, -0.1) is 0 Å². The number of carboxylic acid groups (broad SMARTS) is 1. The molecule has 1 amide bonds. The lowest BCUT2D eigenvalue weighted by Gasteiger charge is -2.28. The predicted molar refractivity (Wildman–Crippen MR) is 89.6 cm³/mol. The Morgan fingerprint density at radius 3 is 2.62 bits per heavy atom. The third-order valence-corrected chi connectivity index (χ3v) is 3.60. The van der Waals surface area contributed by atoms with Gasteiger partial charge in [0, 0.05) is 13.5 Å². The Hall–Kier alpha value is -2.77. The zero-order valence-corrected chi connectivity index (χ0v) is 14.1. The second kappa shape index (κ2) is 8.76. The molecule has 5 N–H and O–H groups in total. The van der Waals surface area contributed by atoms with Gasteiger partial charge in [0.1, 0.15) is 0 Å². The summed E-state index contributed by atoms with van der Waals surface area (Å²) in [5.41, 5.74) is 7.00. The van der Waals surface area contributed by atoms with E-state index in [1.807, 2.05) is 19.9 Å². The van der Waals surface area contributed by atoms with Crippen molar-refractivity contribution in [2.24, 2.45) is 5.73 Å². The molecular formula is C16H24N4O4. The number of nitrogens with one attached hydrogen (secondary N) is 2. The van der Waals surface area contributed by atoms with Crippen LogP contribution in [0.2, 0.25) is 0 Å². The molecule has 1 rings (SSSR count). The van der Waals surface area contributed by atoms with Gasteiger partial charge < -0.3 is 21.0 Å². The van der Waals surface area contributed by atoms with Gasteiger partial charge in [0.15, 0.2) is 17.8 Å². The maximum absolute atomic E-state index is 11.9. The SMILES string of the molecule is CC(=O)N(Oc1cccc(C)c1C)[C@@H](CCCNC(=N)N)C(=O)O. The highest BCUT2D eigenvalue weighted by Gasteiger charge is 2.30. The van der Waals surface area contributed by atoms with Crippen molar-refractivity contribution in [3.05, 3.63) is 29.3 Å². The van der Waals surface area contributed by atoms with Crippen molar-refractivity contribution in [1.29, 1.82) is 5.41 Å². The van der Waals surface area contributed by atoms with Crippen LogP contribution in [0.3, 0.4) is 0 Å². The van der Waals surface area contributed by atoms with Gasteiger partial charge >= 0.3 is 5.97 Å². The molecule has 132 valence electrons. The molecule has 0 aromatic heterocycles. The number of benzene rings is 1. The molecule has 0 spiro atoms. The number of carbonyl (C=O) groups excluding carboxylic acids is 1. The van der Waals surface area contributed by atoms with Crippen molar-refractivity contribution < 1.29 is 19.5 Å². The number of rotatable bonds is 8. The second-order valence-electron chi connectivity index (χ2n) is 5.47. The number of carboxylic acids is 1. The first-order chi connectivity index (χ1) is 11.2. The summed E-state index contributed by atoms with van der Waals surface area (Å²) in [6.45, 7) is 5.35. The summed E-state index contributed by atoms with van der Waals surface area (Å²) in [5.74, 6) is -1.39. The molecule has 0 bridgehead atoms. The molecule has 1 aromatic rings. The van der Waals surface area contributed by atoms with E-state index in [0.29, 0.717) is 18.7 Å². The molecule has 8 heteroatoms. The first-order valence-electron chi connectivity index (χ1n) is 7.58. The van der Waals surface area contributed by atoms with E-state index in [-0.39, 0.29) is 12.4 Å². The fourth-order valence-corrected chi connectivity index (χ4v) is 2.14. The number of aryl methyl sites for hydroxylation is 1. The minimum Gasteiger partial charge on any atom is -0.480 e. The van der Waals surface area contributed by atoms with E-state index in [0.717, 1.165) is 16.2 Å². The van der Waals surface area contributed by atoms with Crippen LogP contribution in [0.5, 0.6) is 5.75 Å². The lowest BCUT2D eigenvalue weighted by Crippen LogP contribution is -2.46. The summed E-state index contributed by atoms with van der Waals surface area (Å²) in [7, 11) is 0. The molecule has 1 aromatic carbocycles. The number of guanidine groups is 1. The van der Waals surface area contributed by atoms with Crippen molar-refractivity contribution in [3.63, 3.8) is 0 Å². The highest BCUT2D eigenvalue weighted by atomic mass is 16.7. The number of hydrogen-bond acceptors (Lipinski definition) is 4. The topological polar surface area (TPSA) is 129 Å². The molecule has 1 atom stereocenters. The van der Waals surface area contributed by atoms with Gasteiger partial charge in [0.25, 0.3) is 5.91 Å². The minimum atomic E-state index is -1.15. The van der Waals surface area contributed by atoms with Gasteiger partial charge in [-0.05, 0) is 43.9 Å². The zero-order chi connectivity index (χ0) is 18.3. The van der Waals surface area contributed by atoms with Crippen molar-refractivity contribution in [1.82, 2.24) is 10.4 Å². The maximum Gasteiger partial charge on any atom is 0.330 e. The van der Waals surface area contributed by atoms with E-state index in [2.05, 4.69) is 5.32 Å². The fraction of sp³-hybridized carbons (Fsp3) is 0.438. The number of nitrogens with two attached hydrogens (primary N) is 1. The summed E-state index contributed by atoms with van der Waals surface area (Å²) >= 11 is 0. The first kappa shape index (κ1) is 19.3. The predicted octanol–water partition coefficient (Wildman–Crippen LogP) is 1.16. The van der Waals surface area contributed by atoms with Crippen molar-refractivity contribution in [2.75, 3.05) is 6.54 Å². The van der Waals surface area contributed by atoms with Gasteiger partial charge in [-0.1, -0.05) is 12.1 Å². The Balaban J connectivity index is 2.89. The van der Waals surface area contributed by atoms with Crippen LogP contribution in [-0.2, 0) is 9.59 Å². The van der Waals surface area contributed by atoms with Crippen LogP contribution >= 0.6 is 0 Å². The molecule has 0 saturated heterocycles. The third kappa shape index (κ3) is 5.45. The highest BCUT2D eigenvalue weighted by Crippen LogP contribution is 2.23. The average Bonchev–Trinajstić information content (AvgIpc) is 2.48. The Bertz CT molecular complexity index is 618. The molecule has 0 saturated carbocycles. The van der Waals surface area contributed by atoms with Crippen molar-refractivity contribution in [3.8, 4) is 5.75 Å². The summed E-state index contributed by atoms with van der Waals surface area (Å²) in [5, 5.41) is 20.0. The van der Waals surface area contributed by atoms with Crippen LogP contribution in [0.4, 0.5) is 0 Å². The van der Waals surface area contributed by atoms with Crippen molar-refractivity contribution >= 4 is 17.8 Å². The largest absolute Gasteiger partial charge is 0.480 e. The van der Waals surface area contributed by atoms with Crippen molar-refractivity contribution in [2.45, 2.75) is 39.7 Å². The molecular weight excluding hydrogens is 312 g/mol. The Labute approximate surface area is 141 Å². The molecule has 0 heterocycles. The summed E-state index contributed by atoms with van der Waals surface area (Å²) in [4.78, 5) is 29.1. The summed E-state index contributed by atoms with van der Waals surface area (Å²) in [6.07, 6.45) is 0.580. The van der Waals surface area contributed by atoms with Crippen LogP contribution in [0.1, 0.15) is 30.9 Å². The Morgan fingerprint density at radius 2 is 2.08 bits per heavy atom. The molecule has 0 aliphatic heterocycles. The lowest BCUT2D eigenvalue weighted by atomic mass is 10.1. The zero-order valence-electron chi connectivity index (χ0n) is 14.1. The van der Waals surface area contributed by atoms with E-state index in [4.69, 9.17) is 16.0 Å². The number of hydrogen-bond donors (Lipinski definition) is 4. The highest BCUT2D eigenvalue weighted by molar-refractivity contribution is 5.81. The van der Waals surface area contributed by atoms with Crippen LogP contribution in [-0.4, -0.2) is 40.6 Å². The normalized spacial score (nSPS) is 11.5. The van der Waals surface area contributed by atoms with Crippen LogP contribution in [0, 0.1) is 19.3 Å². The minimum absolute atomic E-state index is 0.167. The van der Waals surface area contributed by atoms with E-state index in [1.54, 1.807) is 12.1 Å². The van der Waals surface area contributed by atoms with E-state index in [1.165, 1.54) is 6.92 Å². The van der Waals surface area contributed by atoms with Crippen LogP contribution in [0.25, 0.3) is 0 Å². The second-order valence-corrected chi connectivity index (χ2v) is 5.47. The molecule has 0 aliphatic carbocycles. The summed E-state index contributed by atoms with van der Waals surface area (Å²) in [6, 6.07) is 4.25. The molecule has 0 aliphatic rings. The smallest absolute Gasteiger partial charge is 0.330 e. The molecule has 8 nitrogen and oxygen atoms in total. The standard InChI is InChI=1S/C16H24N4O4/c1-10-6-4-8-14(11(10)2)24-20(12(3)21)13(15(22)23)7-5-9-19-16(17)18/h4,6,8,13H,5,7,9H2,1-3H3,(H,22,23)(H4,17,18,19)/t13-/m0/s1. The van der Waals surface area contributed by atoms with E-state index >= 15 is 0 Å². The van der Waals surface area contributed by atoms with Gasteiger partial charge in [-0.3, -0.25) is 10.2 Å². The quantitative estimate of drug-likeness (QED) is 0.244. The van der Waals surface area contributed by atoms with Crippen LogP contribution < -0.4 is 15.9 Å². The van der Waals surface area contributed by atoms with E-state index < -0.39 is 17.9 Å². The number of nitrogens with zero attached hydrogens (tertiary/aromatic N) is 1. The lowest BCUT2D eigenvalue weighted by molar-refractivity contribution is -0.176. The van der Waals surface area contributed by atoms with Gasteiger partial charge in [0.2, 0.25) is 0 Å². The Kier molecular flexibility index (Phi) is 7.03. The molecule has 0 fully saturated rings. The molecule has 0 unspecified atom stereocenters. The third-order valence-electron chi connectivity index (χ3n) is 3.60. The number of amides is 1. The maximum atomic E-state index is 11.9. The van der Waals surface area contributed by atoms with Crippen LogP contribution in [0.15, 0.2) is 18.2 Å². The molecule has 0 radical (unpaired) electrons. The van der Waals surface area contributed by atoms with Gasteiger partial charge in [-0.25, -0.2) is 4.79 Å². The number of hydroxylamine groups is 2. The molecule has 24 heavy (non-hydrogen) atoms. The first-order valence-corrected chi connectivity index (χ1v) is 7.58. The monoisotopic (exact) mass is 336 g/mol. The van der Waals surface area contributed by atoms with Gasteiger partial charge in [-0.2, -0.15) is 5.06 Å². The number of aliphatic carboxylic acids is 1. The Morgan fingerprint density at radius 1 is 1.42 bits per heavy atom. The van der Waals surface area contributed by atoms with Gasteiger partial charge in [0.05, 0.1) is 0 Å². The number of carbonyl (C=O) groups is 2. The summed E-state index contributed by atoms with van der Waals surface area (Å²) < 4.78 is 0. The average molecular weight is 336 g/mol.